The molecule has 0 spiro atoms. The first-order chi connectivity index (χ1) is 15.6. The summed E-state index contributed by atoms with van der Waals surface area (Å²) in [6, 6.07) is 27.5. The SMILES string of the molecule is CCNC(=O)[C@@H](Cc1ccccc1)N(Cc1ccc(C)cc1)C(=O)CCc1ccccc1. The fourth-order valence-electron chi connectivity index (χ4n) is 3.78. The smallest absolute Gasteiger partial charge is 0.243 e. The maximum absolute atomic E-state index is 13.5. The van der Waals surface area contributed by atoms with Gasteiger partial charge in [0, 0.05) is 25.9 Å². The normalized spacial score (nSPS) is 11.6. The highest BCUT2D eigenvalue weighted by atomic mass is 16.2. The first-order valence-electron chi connectivity index (χ1n) is 11.3. The lowest BCUT2D eigenvalue weighted by Crippen LogP contribution is -2.50. The summed E-state index contributed by atoms with van der Waals surface area (Å²) in [5.74, 6) is -0.127. The van der Waals surface area contributed by atoms with Crippen molar-refractivity contribution in [2.45, 2.75) is 45.7 Å². The zero-order valence-electron chi connectivity index (χ0n) is 19.0. The van der Waals surface area contributed by atoms with E-state index in [1.54, 1.807) is 4.90 Å². The van der Waals surface area contributed by atoms with Crippen molar-refractivity contribution in [3.8, 4) is 0 Å². The van der Waals surface area contributed by atoms with Gasteiger partial charge in [-0.25, -0.2) is 0 Å². The Morgan fingerprint density at radius 3 is 2.00 bits per heavy atom. The third-order valence-electron chi connectivity index (χ3n) is 5.57. The predicted octanol–water partition coefficient (Wildman–Crippen LogP) is 4.70. The van der Waals surface area contributed by atoms with Crippen LogP contribution >= 0.6 is 0 Å². The lowest BCUT2D eigenvalue weighted by Gasteiger charge is -2.31. The van der Waals surface area contributed by atoms with Crippen molar-refractivity contribution in [3.05, 3.63) is 107 Å². The molecule has 0 heterocycles. The average Bonchev–Trinajstić information content (AvgIpc) is 2.82. The minimum atomic E-state index is -0.568. The molecule has 1 N–H and O–H groups in total. The molecule has 0 saturated heterocycles. The number of rotatable bonds is 10. The van der Waals surface area contributed by atoms with Crippen LogP contribution in [0.2, 0.25) is 0 Å². The first-order valence-corrected chi connectivity index (χ1v) is 11.3. The van der Waals surface area contributed by atoms with Crippen LogP contribution in [0.5, 0.6) is 0 Å². The van der Waals surface area contributed by atoms with Crippen LogP contribution in [0.3, 0.4) is 0 Å². The summed E-state index contributed by atoms with van der Waals surface area (Å²) in [7, 11) is 0. The van der Waals surface area contributed by atoms with E-state index in [2.05, 4.69) is 5.32 Å². The molecule has 0 aliphatic rings. The fraction of sp³-hybridized carbons (Fsp3) is 0.286. The molecule has 3 rings (SSSR count). The molecule has 0 fully saturated rings. The van der Waals surface area contributed by atoms with E-state index in [-0.39, 0.29) is 11.8 Å². The Morgan fingerprint density at radius 2 is 1.41 bits per heavy atom. The number of amides is 2. The largest absolute Gasteiger partial charge is 0.355 e. The molecule has 0 saturated carbocycles. The summed E-state index contributed by atoms with van der Waals surface area (Å²) in [6.45, 7) is 4.88. The second kappa shape index (κ2) is 11.8. The van der Waals surface area contributed by atoms with Gasteiger partial charge in [0.1, 0.15) is 6.04 Å². The van der Waals surface area contributed by atoms with E-state index >= 15 is 0 Å². The van der Waals surface area contributed by atoms with Gasteiger partial charge in [0.2, 0.25) is 11.8 Å². The molecule has 0 radical (unpaired) electrons. The summed E-state index contributed by atoms with van der Waals surface area (Å²) in [5, 5.41) is 2.94. The second-order valence-electron chi connectivity index (χ2n) is 8.09. The Kier molecular flexibility index (Phi) is 8.61. The van der Waals surface area contributed by atoms with Gasteiger partial charge < -0.3 is 10.2 Å². The molecule has 3 aromatic rings. The molecule has 1 atom stereocenters. The van der Waals surface area contributed by atoms with E-state index in [1.165, 1.54) is 5.56 Å². The van der Waals surface area contributed by atoms with E-state index < -0.39 is 6.04 Å². The van der Waals surface area contributed by atoms with Crippen LogP contribution in [0.4, 0.5) is 0 Å². The number of hydrogen-bond donors (Lipinski definition) is 1. The van der Waals surface area contributed by atoms with E-state index in [0.717, 1.165) is 16.7 Å². The summed E-state index contributed by atoms with van der Waals surface area (Å²) in [5.41, 5.74) is 4.34. The van der Waals surface area contributed by atoms with Crippen LogP contribution in [0, 0.1) is 6.92 Å². The van der Waals surface area contributed by atoms with E-state index in [4.69, 9.17) is 0 Å². The molecule has 0 bridgehead atoms. The number of carbonyl (C=O) groups is 2. The topological polar surface area (TPSA) is 49.4 Å². The van der Waals surface area contributed by atoms with Gasteiger partial charge in [-0.15, -0.1) is 0 Å². The minimum absolute atomic E-state index is 0.0124. The summed E-state index contributed by atoms with van der Waals surface area (Å²) in [4.78, 5) is 28.3. The van der Waals surface area contributed by atoms with Crippen molar-refractivity contribution in [2.24, 2.45) is 0 Å². The molecular weight excluding hydrogens is 396 g/mol. The Labute approximate surface area is 191 Å². The summed E-state index contributed by atoms with van der Waals surface area (Å²) < 4.78 is 0. The van der Waals surface area contributed by atoms with Gasteiger partial charge in [0.25, 0.3) is 0 Å². The highest BCUT2D eigenvalue weighted by Crippen LogP contribution is 2.17. The van der Waals surface area contributed by atoms with Gasteiger partial charge in [-0.2, -0.15) is 0 Å². The van der Waals surface area contributed by atoms with E-state index in [9.17, 15) is 9.59 Å². The van der Waals surface area contributed by atoms with Gasteiger partial charge in [-0.1, -0.05) is 90.5 Å². The summed E-state index contributed by atoms with van der Waals surface area (Å²) in [6.07, 6.45) is 1.49. The summed E-state index contributed by atoms with van der Waals surface area (Å²) >= 11 is 0. The number of nitrogens with zero attached hydrogens (tertiary/aromatic N) is 1. The molecule has 0 unspecified atom stereocenters. The van der Waals surface area contributed by atoms with Gasteiger partial charge in [-0.3, -0.25) is 9.59 Å². The maximum Gasteiger partial charge on any atom is 0.243 e. The third-order valence-corrected chi connectivity index (χ3v) is 5.57. The number of aryl methyl sites for hydroxylation is 2. The molecule has 0 aliphatic carbocycles. The first kappa shape index (κ1) is 23.3. The van der Waals surface area contributed by atoms with Crippen LogP contribution in [-0.4, -0.2) is 29.3 Å². The minimum Gasteiger partial charge on any atom is -0.355 e. The molecule has 32 heavy (non-hydrogen) atoms. The number of benzene rings is 3. The molecule has 0 aromatic heterocycles. The highest BCUT2D eigenvalue weighted by molar-refractivity contribution is 5.88. The maximum atomic E-state index is 13.5. The molecule has 166 valence electrons. The average molecular weight is 429 g/mol. The predicted molar refractivity (Wildman–Crippen MR) is 129 cm³/mol. The van der Waals surface area contributed by atoms with Crippen molar-refractivity contribution in [1.82, 2.24) is 10.2 Å². The quantitative estimate of drug-likeness (QED) is 0.509. The number of nitrogens with one attached hydrogen (secondary N) is 1. The van der Waals surface area contributed by atoms with Crippen LogP contribution in [0.25, 0.3) is 0 Å². The molecular formula is C28H32N2O2. The van der Waals surface area contributed by atoms with Crippen molar-refractivity contribution < 1.29 is 9.59 Å². The molecule has 4 heteroatoms. The van der Waals surface area contributed by atoms with Crippen molar-refractivity contribution in [3.63, 3.8) is 0 Å². The van der Waals surface area contributed by atoms with Crippen molar-refractivity contribution in [1.29, 1.82) is 0 Å². The van der Waals surface area contributed by atoms with E-state index in [1.807, 2.05) is 98.8 Å². The lowest BCUT2D eigenvalue weighted by atomic mass is 10.0. The third kappa shape index (κ3) is 6.81. The van der Waals surface area contributed by atoms with Crippen LogP contribution < -0.4 is 5.32 Å². The Balaban J connectivity index is 1.87. The van der Waals surface area contributed by atoms with Gasteiger partial charge in [-0.05, 0) is 37.0 Å². The molecule has 3 aromatic carbocycles. The number of carbonyl (C=O) groups excluding carboxylic acids is 2. The molecule has 2 amide bonds. The zero-order chi connectivity index (χ0) is 22.8. The van der Waals surface area contributed by atoms with Crippen LogP contribution in [-0.2, 0) is 29.0 Å². The number of hydrogen-bond acceptors (Lipinski definition) is 2. The van der Waals surface area contributed by atoms with Gasteiger partial charge in [0.15, 0.2) is 0 Å². The monoisotopic (exact) mass is 428 g/mol. The highest BCUT2D eigenvalue weighted by Gasteiger charge is 2.29. The van der Waals surface area contributed by atoms with Crippen molar-refractivity contribution in [2.75, 3.05) is 6.54 Å². The standard InChI is InChI=1S/C28H32N2O2/c1-3-29-28(32)26(20-24-12-8-5-9-13-24)30(21-25-16-14-22(2)15-17-25)27(31)19-18-23-10-6-4-7-11-23/h4-17,26H,3,18-21H2,1-2H3,(H,29,32)/t26-/m1/s1. The van der Waals surface area contributed by atoms with Crippen LogP contribution in [0.15, 0.2) is 84.9 Å². The van der Waals surface area contributed by atoms with Gasteiger partial charge in [0.05, 0.1) is 0 Å². The second-order valence-corrected chi connectivity index (χ2v) is 8.09. The lowest BCUT2D eigenvalue weighted by molar-refractivity contribution is -0.141. The number of likely N-dealkylation sites (N-methyl/N-ethyl adjacent to an activating group) is 1. The fourth-order valence-corrected chi connectivity index (χ4v) is 3.78. The van der Waals surface area contributed by atoms with Crippen molar-refractivity contribution >= 4 is 11.8 Å². The molecule has 0 aliphatic heterocycles. The van der Waals surface area contributed by atoms with Crippen LogP contribution in [0.1, 0.15) is 35.6 Å². The Bertz CT molecular complexity index is 985. The molecule has 4 nitrogen and oxygen atoms in total. The Hall–Kier alpha value is -3.40. The van der Waals surface area contributed by atoms with E-state index in [0.29, 0.717) is 32.4 Å². The Morgan fingerprint density at radius 1 is 0.812 bits per heavy atom. The van der Waals surface area contributed by atoms with Gasteiger partial charge >= 0.3 is 0 Å². The zero-order valence-corrected chi connectivity index (χ0v) is 19.0.